The van der Waals surface area contributed by atoms with Crippen LogP contribution in [0.25, 0.3) is 0 Å². The standard InChI is InChI=1S/C20H24F2/c1-3-5-15-7-9-16(10-8-15)11-12-18-14-13-17(6-4-2)19(21)20(18)22/h7-10,13-14H,3-6,11-12H2,1-2H3. The molecule has 0 bridgehead atoms. The molecule has 2 aromatic carbocycles. The van der Waals surface area contributed by atoms with Crippen molar-refractivity contribution in [2.75, 3.05) is 0 Å². The third-order valence-corrected chi connectivity index (χ3v) is 4.01. The molecule has 2 heteroatoms. The van der Waals surface area contributed by atoms with Crippen molar-refractivity contribution in [2.24, 2.45) is 0 Å². The first-order chi connectivity index (χ1) is 10.7. The van der Waals surface area contributed by atoms with Crippen molar-refractivity contribution in [3.8, 4) is 0 Å². The van der Waals surface area contributed by atoms with E-state index in [1.165, 1.54) is 5.56 Å². The molecule has 2 aromatic rings. The zero-order chi connectivity index (χ0) is 15.9. The fraction of sp³-hybridized carbons (Fsp3) is 0.400. The predicted octanol–water partition coefficient (Wildman–Crippen LogP) is 5.66. The summed E-state index contributed by atoms with van der Waals surface area (Å²) in [5, 5.41) is 0. The second kappa shape index (κ2) is 8.07. The SMILES string of the molecule is CCCc1ccc(CCc2ccc(CCC)c(F)c2F)cc1. The van der Waals surface area contributed by atoms with Crippen molar-refractivity contribution < 1.29 is 8.78 Å². The molecule has 22 heavy (non-hydrogen) atoms. The summed E-state index contributed by atoms with van der Waals surface area (Å²) < 4.78 is 28.0. The van der Waals surface area contributed by atoms with Crippen LogP contribution in [-0.4, -0.2) is 0 Å². The molecule has 0 aliphatic rings. The zero-order valence-corrected chi connectivity index (χ0v) is 13.5. The minimum atomic E-state index is -0.673. The van der Waals surface area contributed by atoms with E-state index in [2.05, 4.69) is 31.2 Å². The van der Waals surface area contributed by atoms with Crippen LogP contribution < -0.4 is 0 Å². The largest absolute Gasteiger partial charge is 0.203 e. The van der Waals surface area contributed by atoms with Crippen LogP contribution in [0.1, 0.15) is 48.9 Å². The Kier molecular flexibility index (Phi) is 6.11. The Morgan fingerprint density at radius 2 is 1.05 bits per heavy atom. The van der Waals surface area contributed by atoms with E-state index in [-0.39, 0.29) is 0 Å². The smallest absolute Gasteiger partial charge is 0.162 e. The van der Waals surface area contributed by atoms with E-state index in [0.29, 0.717) is 24.0 Å². The Bertz CT molecular complexity index is 600. The lowest BCUT2D eigenvalue weighted by atomic mass is 9.99. The van der Waals surface area contributed by atoms with E-state index in [0.717, 1.165) is 31.2 Å². The van der Waals surface area contributed by atoms with Gasteiger partial charge in [-0.25, -0.2) is 8.78 Å². The molecular weight excluding hydrogens is 278 g/mol. The molecule has 0 aromatic heterocycles. The lowest BCUT2D eigenvalue weighted by Crippen LogP contribution is -2.01. The third kappa shape index (κ3) is 4.16. The highest BCUT2D eigenvalue weighted by Gasteiger charge is 2.12. The van der Waals surface area contributed by atoms with Crippen molar-refractivity contribution in [3.63, 3.8) is 0 Å². The average molecular weight is 302 g/mol. The highest BCUT2D eigenvalue weighted by atomic mass is 19.2. The van der Waals surface area contributed by atoms with Crippen molar-refractivity contribution in [2.45, 2.75) is 52.4 Å². The van der Waals surface area contributed by atoms with E-state index >= 15 is 0 Å². The van der Waals surface area contributed by atoms with E-state index in [4.69, 9.17) is 0 Å². The molecule has 0 N–H and O–H groups in total. The van der Waals surface area contributed by atoms with E-state index in [1.807, 2.05) is 6.92 Å². The van der Waals surface area contributed by atoms with E-state index in [9.17, 15) is 8.78 Å². The molecule has 2 rings (SSSR count). The zero-order valence-electron chi connectivity index (χ0n) is 13.5. The maximum atomic E-state index is 14.1. The first-order valence-corrected chi connectivity index (χ1v) is 8.19. The van der Waals surface area contributed by atoms with Crippen LogP contribution >= 0.6 is 0 Å². The van der Waals surface area contributed by atoms with Crippen molar-refractivity contribution in [3.05, 3.63) is 70.3 Å². The molecule has 0 atom stereocenters. The Morgan fingerprint density at radius 3 is 1.55 bits per heavy atom. The fourth-order valence-electron chi connectivity index (χ4n) is 2.73. The molecule has 0 unspecified atom stereocenters. The summed E-state index contributed by atoms with van der Waals surface area (Å²) in [6, 6.07) is 11.9. The number of rotatable bonds is 7. The predicted molar refractivity (Wildman–Crippen MR) is 88.2 cm³/mol. The molecular formula is C20H24F2. The van der Waals surface area contributed by atoms with E-state index < -0.39 is 11.6 Å². The van der Waals surface area contributed by atoms with Gasteiger partial charge >= 0.3 is 0 Å². The van der Waals surface area contributed by atoms with Gasteiger partial charge in [-0.05, 0) is 47.9 Å². The van der Waals surface area contributed by atoms with Crippen LogP contribution in [0.5, 0.6) is 0 Å². The van der Waals surface area contributed by atoms with Gasteiger partial charge in [0.2, 0.25) is 0 Å². The van der Waals surface area contributed by atoms with Crippen LogP contribution in [-0.2, 0) is 25.7 Å². The topological polar surface area (TPSA) is 0 Å². The second-order valence-corrected chi connectivity index (χ2v) is 5.83. The van der Waals surface area contributed by atoms with Gasteiger partial charge in [-0.1, -0.05) is 63.1 Å². The van der Waals surface area contributed by atoms with Crippen LogP contribution in [0, 0.1) is 11.6 Å². The average Bonchev–Trinajstić information content (AvgIpc) is 2.53. The number of halogens is 2. The Balaban J connectivity index is 2.03. The van der Waals surface area contributed by atoms with Gasteiger partial charge in [-0.15, -0.1) is 0 Å². The first kappa shape index (κ1) is 16.7. The minimum absolute atomic E-state index is 0.468. The molecule has 0 nitrogen and oxygen atoms in total. The molecule has 0 amide bonds. The number of hydrogen-bond acceptors (Lipinski definition) is 0. The van der Waals surface area contributed by atoms with Crippen LogP contribution in [0.3, 0.4) is 0 Å². The van der Waals surface area contributed by atoms with Gasteiger partial charge in [-0.3, -0.25) is 0 Å². The quantitative estimate of drug-likeness (QED) is 0.619. The summed E-state index contributed by atoms with van der Waals surface area (Å²) >= 11 is 0. The lowest BCUT2D eigenvalue weighted by molar-refractivity contribution is 0.488. The summed E-state index contributed by atoms with van der Waals surface area (Å²) in [4.78, 5) is 0. The summed E-state index contributed by atoms with van der Waals surface area (Å²) in [5.74, 6) is -1.34. The second-order valence-electron chi connectivity index (χ2n) is 5.83. The molecule has 0 aliphatic carbocycles. The minimum Gasteiger partial charge on any atom is -0.203 e. The maximum absolute atomic E-state index is 14.1. The summed E-state index contributed by atoms with van der Waals surface area (Å²) in [7, 11) is 0. The third-order valence-electron chi connectivity index (χ3n) is 4.01. The van der Waals surface area contributed by atoms with Crippen molar-refractivity contribution in [1.82, 2.24) is 0 Å². The Labute approximate surface area is 132 Å². The number of aryl methyl sites for hydroxylation is 4. The van der Waals surface area contributed by atoms with Gasteiger partial charge in [-0.2, -0.15) is 0 Å². The summed E-state index contributed by atoms with van der Waals surface area (Å²) in [6.45, 7) is 4.13. The van der Waals surface area contributed by atoms with Gasteiger partial charge in [0, 0.05) is 0 Å². The molecule has 0 fully saturated rings. The molecule has 0 aliphatic heterocycles. The molecule has 0 saturated heterocycles. The van der Waals surface area contributed by atoms with Crippen molar-refractivity contribution >= 4 is 0 Å². The lowest BCUT2D eigenvalue weighted by Gasteiger charge is -2.08. The molecule has 0 spiro atoms. The summed E-state index contributed by atoms with van der Waals surface area (Å²) in [5.41, 5.74) is 3.44. The van der Waals surface area contributed by atoms with Crippen molar-refractivity contribution in [1.29, 1.82) is 0 Å². The summed E-state index contributed by atoms with van der Waals surface area (Å²) in [6.07, 6.45) is 4.88. The van der Waals surface area contributed by atoms with Gasteiger partial charge < -0.3 is 0 Å². The number of benzene rings is 2. The first-order valence-electron chi connectivity index (χ1n) is 8.19. The van der Waals surface area contributed by atoms with Crippen LogP contribution in [0.15, 0.2) is 36.4 Å². The highest BCUT2D eigenvalue weighted by Crippen LogP contribution is 2.19. The highest BCUT2D eigenvalue weighted by molar-refractivity contribution is 5.28. The van der Waals surface area contributed by atoms with Gasteiger partial charge in [0.15, 0.2) is 11.6 Å². The molecule has 0 saturated carbocycles. The molecule has 0 radical (unpaired) electrons. The maximum Gasteiger partial charge on any atom is 0.162 e. The van der Waals surface area contributed by atoms with Gasteiger partial charge in [0.25, 0.3) is 0 Å². The van der Waals surface area contributed by atoms with Crippen LogP contribution in [0.2, 0.25) is 0 Å². The monoisotopic (exact) mass is 302 g/mol. The fourth-order valence-corrected chi connectivity index (χ4v) is 2.73. The van der Waals surface area contributed by atoms with Crippen LogP contribution in [0.4, 0.5) is 8.78 Å². The normalized spacial score (nSPS) is 10.9. The van der Waals surface area contributed by atoms with Gasteiger partial charge in [0.1, 0.15) is 0 Å². The Hall–Kier alpha value is -1.70. The van der Waals surface area contributed by atoms with Gasteiger partial charge in [0.05, 0.1) is 0 Å². The number of hydrogen-bond donors (Lipinski definition) is 0. The molecule has 118 valence electrons. The Morgan fingerprint density at radius 1 is 0.591 bits per heavy atom. The van der Waals surface area contributed by atoms with E-state index in [1.54, 1.807) is 12.1 Å². The molecule has 0 heterocycles.